The first-order valence-corrected chi connectivity index (χ1v) is 7.46. The maximum absolute atomic E-state index is 6.07. The van der Waals surface area contributed by atoms with Gasteiger partial charge in [0.2, 0.25) is 0 Å². The standard InChI is InChI=1S/C12H21BrN2S/c1-3-4-5-11(14)7-15(2)8-12-6-10(13)9-16-12/h6,9,11H,3-5,7-8,14H2,1-2H3. The lowest BCUT2D eigenvalue weighted by Crippen LogP contribution is -2.34. The average molecular weight is 305 g/mol. The predicted molar refractivity (Wildman–Crippen MR) is 75.9 cm³/mol. The number of hydrogen-bond donors (Lipinski definition) is 1. The van der Waals surface area contributed by atoms with Crippen LogP contribution in [0.4, 0.5) is 0 Å². The molecule has 0 aliphatic rings. The molecule has 1 aromatic heterocycles. The van der Waals surface area contributed by atoms with Gasteiger partial charge in [0, 0.05) is 33.9 Å². The summed E-state index contributed by atoms with van der Waals surface area (Å²) < 4.78 is 1.18. The van der Waals surface area contributed by atoms with E-state index in [1.54, 1.807) is 11.3 Å². The Morgan fingerprint density at radius 2 is 2.31 bits per heavy atom. The molecule has 1 unspecified atom stereocenters. The zero-order chi connectivity index (χ0) is 12.0. The first-order valence-electron chi connectivity index (χ1n) is 5.78. The van der Waals surface area contributed by atoms with E-state index in [2.05, 4.69) is 46.2 Å². The van der Waals surface area contributed by atoms with Gasteiger partial charge in [-0.15, -0.1) is 11.3 Å². The second kappa shape index (κ2) is 7.43. The van der Waals surface area contributed by atoms with Gasteiger partial charge in [0.15, 0.2) is 0 Å². The van der Waals surface area contributed by atoms with Crippen LogP contribution in [-0.2, 0) is 6.54 Å². The van der Waals surface area contributed by atoms with Crippen LogP contribution in [0.15, 0.2) is 15.9 Å². The first kappa shape index (κ1) is 14.2. The Labute approximate surface area is 111 Å². The van der Waals surface area contributed by atoms with E-state index in [0.717, 1.165) is 19.5 Å². The number of nitrogens with zero attached hydrogens (tertiary/aromatic N) is 1. The van der Waals surface area contributed by atoms with Crippen molar-refractivity contribution in [2.45, 2.75) is 38.8 Å². The lowest BCUT2D eigenvalue weighted by molar-refractivity contribution is 0.298. The fourth-order valence-electron chi connectivity index (χ4n) is 1.73. The quantitative estimate of drug-likeness (QED) is 0.836. The summed E-state index contributed by atoms with van der Waals surface area (Å²) in [4.78, 5) is 3.69. The topological polar surface area (TPSA) is 29.3 Å². The highest BCUT2D eigenvalue weighted by molar-refractivity contribution is 9.10. The third kappa shape index (κ3) is 5.43. The van der Waals surface area contributed by atoms with Gasteiger partial charge in [0.05, 0.1) is 0 Å². The predicted octanol–water partition coefficient (Wildman–Crippen LogP) is 3.46. The van der Waals surface area contributed by atoms with Crippen LogP contribution in [0.2, 0.25) is 0 Å². The van der Waals surface area contributed by atoms with Crippen molar-refractivity contribution in [2.75, 3.05) is 13.6 Å². The van der Waals surface area contributed by atoms with Crippen molar-refractivity contribution in [3.63, 3.8) is 0 Å². The summed E-state index contributed by atoms with van der Waals surface area (Å²) in [6, 6.07) is 2.49. The fourth-order valence-corrected chi connectivity index (χ4v) is 3.26. The Morgan fingerprint density at radius 1 is 1.56 bits per heavy atom. The molecule has 0 saturated carbocycles. The third-order valence-corrected chi connectivity index (χ3v) is 4.20. The van der Waals surface area contributed by atoms with Gasteiger partial charge in [0.1, 0.15) is 0 Å². The van der Waals surface area contributed by atoms with E-state index in [1.165, 1.54) is 22.2 Å². The molecule has 1 rings (SSSR count). The summed E-state index contributed by atoms with van der Waals surface area (Å²) in [6.45, 7) is 4.19. The van der Waals surface area contributed by atoms with Crippen molar-refractivity contribution in [2.24, 2.45) is 5.73 Å². The molecule has 0 spiro atoms. The molecule has 1 atom stereocenters. The molecule has 0 amide bonds. The van der Waals surface area contributed by atoms with E-state index in [-0.39, 0.29) is 0 Å². The minimum Gasteiger partial charge on any atom is -0.327 e. The van der Waals surface area contributed by atoms with Crippen LogP contribution in [0.25, 0.3) is 0 Å². The SMILES string of the molecule is CCCCC(N)CN(C)Cc1cc(Br)cs1. The molecule has 4 heteroatoms. The van der Waals surface area contributed by atoms with Crippen molar-refractivity contribution < 1.29 is 0 Å². The molecule has 0 aromatic carbocycles. The Bertz CT molecular complexity index is 301. The number of thiophene rings is 1. The molecule has 1 aromatic rings. The summed E-state index contributed by atoms with van der Waals surface area (Å²) in [5.41, 5.74) is 6.07. The van der Waals surface area contributed by atoms with Crippen LogP contribution in [0.1, 0.15) is 31.1 Å². The molecular weight excluding hydrogens is 284 g/mol. The Morgan fingerprint density at radius 3 is 2.88 bits per heavy atom. The van der Waals surface area contributed by atoms with Crippen LogP contribution in [0, 0.1) is 0 Å². The maximum atomic E-state index is 6.07. The van der Waals surface area contributed by atoms with Crippen LogP contribution in [-0.4, -0.2) is 24.5 Å². The zero-order valence-corrected chi connectivity index (χ0v) is 12.5. The van der Waals surface area contributed by atoms with Crippen LogP contribution in [0.3, 0.4) is 0 Å². The number of rotatable bonds is 7. The van der Waals surface area contributed by atoms with Crippen LogP contribution in [0.5, 0.6) is 0 Å². The van der Waals surface area contributed by atoms with Crippen molar-refractivity contribution in [3.8, 4) is 0 Å². The summed E-state index contributed by atoms with van der Waals surface area (Å²) in [5, 5.41) is 2.13. The maximum Gasteiger partial charge on any atom is 0.0325 e. The Balaban J connectivity index is 2.27. The van der Waals surface area contributed by atoms with Crippen LogP contribution < -0.4 is 5.73 Å². The summed E-state index contributed by atoms with van der Waals surface area (Å²) >= 11 is 5.27. The fraction of sp³-hybridized carbons (Fsp3) is 0.667. The molecule has 0 saturated heterocycles. The van der Waals surface area contributed by atoms with Gasteiger partial charge in [-0.3, -0.25) is 4.90 Å². The highest BCUT2D eigenvalue weighted by Gasteiger charge is 2.08. The minimum absolute atomic E-state index is 0.313. The number of unbranched alkanes of at least 4 members (excludes halogenated alkanes) is 1. The van der Waals surface area contributed by atoms with Crippen LogP contribution >= 0.6 is 27.3 Å². The molecule has 0 radical (unpaired) electrons. The van der Waals surface area contributed by atoms with E-state index in [4.69, 9.17) is 5.73 Å². The lowest BCUT2D eigenvalue weighted by atomic mass is 10.1. The zero-order valence-electron chi connectivity index (χ0n) is 10.1. The van der Waals surface area contributed by atoms with Gasteiger partial charge in [-0.2, -0.15) is 0 Å². The third-order valence-electron chi connectivity index (χ3n) is 2.52. The van der Waals surface area contributed by atoms with Crippen molar-refractivity contribution >= 4 is 27.3 Å². The van der Waals surface area contributed by atoms with Crippen molar-refractivity contribution in [1.82, 2.24) is 4.90 Å². The molecule has 2 nitrogen and oxygen atoms in total. The monoisotopic (exact) mass is 304 g/mol. The molecule has 0 fully saturated rings. The van der Waals surface area contributed by atoms with Gasteiger partial charge in [0.25, 0.3) is 0 Å². The molecular formula is C12H21BrN2S. The molecule has 92 valence electrons. The van der Waals surface area contributed by atoms with Gasteiger partial charge in [-0.05, 0) is 35.5 Å². The van der Waals surface area contributed by atoms with E-state index in [1.807, 2.05) is 0 Å². The highest BCUT2D eigenvalue weighted by atomic mass is 79.9. The van der Waals surface area contributed by atoms with Crippen molar-refractivity contribution in [1.29, 1.82) is 0 Å². The van der Waals surface area contributed by atoms with Gasteiger partial charge < -0.3 is 5.73 Å². The van der Waals surface area contributed by atoms with E-state index < -0.39 is 0 Å². The van der Waals surface area contributed by atoms with Gasteiger partial charge in [-0.25, -0.2) is 0 Å². The molecule has 0 aliphatic carbocycles. The lowest BCUT2D eigenvalue weighted by Gasteiger charge is -2.20. The molecule has 16 heavy (non-hydrogen) atoms. The normalized spacial score (nSPS) is 13.3. The Hall–Kier alpha value is 0.1000. The Kier molecular flexibility index (Phi) is 6.58. The summed E-state index contributed by atoms with van der Waals surface area (Å²) in [7, 11) is 2.14. The van der Waals surface area contributed by atoms with Crippen molar-refractivity contribution in [3.05, 3.63) is 20.8 Å². The summed E-state index contributed by atoms with van der Waals surface area (Å²) in [6.07, 6.45) is 3.60. The van der Waals surface area contributed by atoms with E-state index in [9.17, 15) is 0 Å². The highest BCUT2D eigenvalue weighted by Crippen LogP contribution is 2.20. The number of halogens is 1. The molecule has 0 bridgehead atoms. The van der Waals surface area contributed by atoms with E-state index >= 15 is 0 Å². The molecule has 0 aliphatic heterocycles. The van der Waals surface area contributed by atoms with Gasteiger partial charge >= 0.3 is 0 Å². The minimum atomic E-state index is 0.313. The average Bonchev–Trinajstić information content (AvgIpc) is 2.60. The molecule has 1 heterocycles. The number of nitrogens with two attached hydrogens (primary N) is 1. The largest absolute Gasteiger partial charge is 0.327 e. The second-order valence-corrected chi connectivity index (χ2v) is 6.24. The first-order chi connectivity index (χ1) is 7.61. The van der Waals surface area contributed by atoms with E-state index in [0.29, 0.717) is 6.04 Å². The van der Waals surface area contributed by atoms with Gasteiger partial charge in [-0.1, -0.05) is 19.8 Å². The molecule has 2 N–H and O–H groups in total. The smallest absolute Gasteiger partial charge is 0.0325 e. The second-order valence-electron chi connectivity index (χ2n) is 4.33. The summed E-state index contributed by atoms with van der Waals surface area (Å²) in [5.74, 6) is 0. The number of likely N-dealkylation sites (N-methyl/N-ethyl adjacent to an activating group) is 1. The number of hydrogen-bond acceptors (Lipinski definition) is 3.